The fourth-order valence-electron chi connectivity index (χ4n) is 2.49. The maximum atomic E-state index is 12.2. The van der Waals surface area contributed by atoms with E-state index in [1.54, 1.807) is 68.6 Å². The zero-order chi connectivity index (χ0) is 20.6. The molecule has 0 unspecified atom stereocenters. The first-order valence-corrected chi connectivity index (χ1v) is 8.95. The lowest BCUT2D eigenvalue weighted by atomic mass is 10.1. The molecule has 3 rings (SSSR count). The molecule has 0 atom stereocenters. The predicted octanol–water partition coefficient (Wildman–Crippen LogP) is 3.05. The molecule has 0 radical (unpaired) electrons. The van der Waals surface area contributed by atoms with Crippen molar-refractivity contribution in [2.45, 2.75) is 6.92 Å². The van der Waals surface area contributed by atoms with Crippen LogP contribution in [0.25, 0.3) is 0 Å². The second-order valence-electron chi connectivity index (χ2n) is 6.13. The zero-order valence-electron chi connectivity index (χ0n) is 16.1. The van der Waals surface area contributed by atoms with Crippen molar-refractivity contribution in [3.05, 3.63) is 71.5 Å². The lowest BCUT2D eigenvalue weighted by Crippen LogP contribution is -2.28. The van der Waals surface area contributed by atoms with Crippen LogP contribution in [0.4, 0.5) is 5.82 Å². The highest BCUT2D eigenvalue weighted by atomic mass is 16.5. The minimum atomic E-state index is -0.335. The van der Waals surface area contributed by atoms with Gasteiger partial charge in [0.2, 0.25) is 0 Å². The summed E-state index contributed by atoms with van der Waals surface area (Å²) in [4.78, 5) is 24.4. The lowest BCUT2D eigenvalue weighted by molar-refractivity contribution is 0.0945. The SMILES string of the molecule is COc1ccc(OCCNC(=O)c2ccc(C(=O)Nc3cc(C)on3)cc2)cc1. The second kappa shape index (κ2) is 9.41. The van der Waals surface area contributed by atoms with E-state index in [2.05, 4.69) is 15.8 Å². The summed E-state index contributed by atoms with van der Waals surface area (Å²) >= 11 is 0. The van der Waals surface area contributed by atoms with Crippen LogP contribution in [0.2, 0.25) is 0 Å². The van der Waals surface area contributed by atoms with E-state index in [4.69, 9.17) is 14.0 Å². The van der Waals surface area contributed by atoms with Gasteiger partial charge in [-0.2, -0.15) is 0 Å². The highest BCUT2D eigenvalue weighted by molar-refractivity contribution is 6.04. The van der Waals surface area contributed by atoms with E-state index in [0.717, 1.165) is 5.75 Å². The Balaban J connectivity index is 1.45. The summed E-state index contributed by atoms with van der Waals surface area (Å²) < 4.78 is 15.6. The van der Waals surface area contributed by atoms with Crippen LogP contribution in [0.1, 0.15) is 26.5 Å². The number of methoxy groups -OCH3 is 1. The van der Waals surface area contributed by atoms with Gasteiger partial charge in [0, 0.05) is 17.2 Å². The molecule has 1 heterocycles. The van der Waals surface area contributed by atoms with Gasteiger partial charge in [-0.25, -0.2) is 0 Å². The summed E-state index contributed by atoms with van der Waals surface area (Å²) in [6.07, 6.45) is 0. The molecule has 0 bridgehead atoms. The van der Waals surface area contributed by atoms with Crippen LogP contribution >= 0.6 is 0 Å². The molecule has 29 heavy (non-hydrogen) atoms. The maximum absolute atomic E-state index is 12.2. The lowest BCUT2D eigenvalue weighted by Gasteiger charge is -2.09. The monoisotopic (exact) mass is 395 g/mol. The highest BCUT2D eigenvalue weighted by Gasteiger charge is 2.11. The second-order valence-corrected chi connectivity index (χ2v) is 6.13. The molecular weight excluding hydrogens is 374 g/mol. The molecule has 2 N–H and O–H groups in total. The number of rotatable bonds is 8. The van der Waals surface area contributed by atoms with Crippen molar-refractivity contribution in [2.75, 3.05) is 25.6 Å². The van der Waals surface area contributed by atoms with Crippen molar-refractivity contribution in [2.24, 2.45) is 0 Å². The van der Waals surface area contributed by atoms with Gasteiger partial charge in [-0.05, 0) is 55.5 Å². The number of benzene rings is 2. The number of amides is 2. The molecule has 0 aliphatic heterocycles. The van der Waals surface area contributed by atoms with Crippen LogP contribution in [0.15, 0.2) is 59.1 Å². The van der Waals surface area contributed by atoms with Gasteiger partial charge in [-0.15, -0.1) is 0 Å². The smallest absolute Gasteiger partial charge is 0.256 e. The number of hydrogen-bond donors (Lipinski definition) is 2. The third-order valence-electron chi connectivity index (χ3n) is 3.99. The van der Waals surface area contributed by atoms with Crippen molar-refractivity contribution in [1.29, 1.82) is 0 Å². The molecule has 2 aromatic carbocycles. The molecule has 8 nitrogen and oxygen atoms in total. The number of hydrogen-bond acceptors (Lipinski definition) is 6. The zero-order valence-corrected chi connectivity index (χ0v) is 16.1. The fourth-order valence-corrected chi connectivity index (χ4v) is 2.49. The van der Waals surface area contributed by atoms with Crippen LogP contribution in [0.5, 0.6) is 11.5 Å². The van der Waals surface area contributed by atoms with Gasteiger partial charge in [0.1, 0.15) is 23.9 Å². The van der Waals surface area contributed by atoms with Crippen molar-refractivity contribution in [3.63, 3.8) is 0 Å². The molecule has 0 aliphatic carbocycles. The first-order chi connectivity index (χ1) is 14.0. The van der Waals surface area contributed by atoms with Crippen molar-refractivity contribution < 1.29 is 23.6 Å². The normalized spacial score (nSPS) is 10.3. The third-order valence-corrected chi connectivity index (χ3v) is 3.99. The van der Waals surface area contributed by atoms with Gasteiger partial charge in [-0.3, -0.25) is 9.59 Å². The predicted molar refractivity (Wildman–Crippen MR) is 106 cm³/mol. The summed E-state index contributed by atoms with van der Waals surface area (Å²) in [7, 11) is 1.60. The van der Waals surface area contributed by atoms with Gasteiger partial charge in [0.15, 0.2) is 5.82 Å². The van der Waals surface area contributed by atoms with Crippen LogP contribution in [-0.2, 0) is 0 Å². The van der Waals surface area contributed by atoms with Crippen molar-refractivity contribution in [1.82, 2.24) is 10.5 Å². The number of carbonyl (C=O) groups is 2. The van der Waals surface area contributed by atoms with E-state index >= 15 is 0 Å². The van der Waals surface area contributed by atoms with Crippen LogP contribution in [0, 0.1) is 6.92 Å². The number of anilines is 1. The fraction of sp³-hybridized carbons (Fsp3) is 0.190. The summed E-state index contributed by atoms with van der Waals surface area (Å²) in [6.45, 7) is 2.41. The number of nitrogens with one attached hydrogen (secondary N) is 2. The average molecular weight is 395 g/mol. The summed E-state index contributed by atoms with van der Waals surface area (Å²) in [5.41, 5.74) is 0.855. The Hall–Kier alpha value is -3.81. The number of aryl methyl sites for hydroxylation is 1. The van der Waals surface area contributed by atoms with Crippen molar-refractivity contribution in [3.8, 4) is 11.5 Å². The Labute approximate surface area is 167 Å². The van der Waals surface area contributed by atoms with Crippen LogP contribution in [0.3, 0.4) is 0 Å². The molecule has 0 saturated carbocycles. The van der Waals surface area contributed by atoms with E-state index < -0.39 is 0 Å². The van der Waals surface area contributed by atoms with E-state index in [1.165, 1.54) is 0 Å². The molecule has 3 aromatic rings. The first-order valence-electron chi connectivity index (χ1n) is 8.95. The van der Waals surface area contributed by atoms with Gasteiger partial charge in [0.25, 0.3) is 11.8 Å². The standard InChI is InChI=1S/C21H21N3O5/c1-14-13-19(24-29-14)23-21(26)16-5-3-15(4-6-16)20(25)22-11-12-28-18-9-7-17(27-2)8-10-18/h3-10,13H,11-12H2,1-2H3,(H,22,25)(H,23,24,26). The quantitative estimate of drug-likeness (QED) is 0.568. The average Bonchev–Trinajstić information content (AvgIpc) is 3.16. The number of aromatic nitrogens is 1. The maximum Gasteiger partial charge on any atom is 0.256 e. The van der Waals surface area contributed by atoms with E-state index in [1.807, 2.05) is 0 Å². The Morgan fingerprint density at radius 2 is 1.59 bits per heavy atom. The molecule has 0 fully saturated rings. The molecule has 1 aromatic heterocycles. The molecule has 0 aliphatic rings. The van der Waals surface area contributed by atoms with Gasteiger partial charge >= 0.3 is 0 Å². The molecule has 2 amide bonds. The minimum Gasteiger partial charge on any atom is -0.497 e. The van der Waals surface area contributed by atoms with Crippen LogP contribution in [-0.4, -0.2) is 37.2 Å². The minimum absolute atomic E-state index is 0.248. The first kappa shape index (κ1) is 19.9. The Morgan fingerprint density at radius 1 is 0.966 bits per heavy atom. The Kier molecular flexibility index (Phi) is 6.47. The van der Waals surface area contributed by atoms with Crippen molar-refractivity contribution >= 4 is 17.6 Å². The highest BCUT2D eigenvalue weighted by Crippen LogP contribution is 2.16. The van der Waals surface area contributed by atoms with E-state index in [-0.39, 0.29) is 11.8 Å². The number of carbonyl (C=O) groups excluding carboxylic acids is 2. The molecule has 150 valence electrons. The molecule has 0 saturated heterocycles. The summed E-state index contributed by atoms with van der Waals surface area (Å²) in [6, 6.07) is 15.1. The van der Waals surface area contributed by atoms with Gasteiger partial charge < -0.3 is 24.6 Å². The molecule has 8 heteroatoms. The third kappa shape index (κ3) is 5.58. The number of ether oxygens (including phenoxy) is 2. The Morgan fingerprint density at radius 3 is 2.17 bits per heavy atom. The topological polar surface area (TPSA) is 103 Å². The molecule has 0 spiro atoms. The van der Waals surface area contributed by atoms with E-state index in [0.29, 0.717) is 41.6 Å². The largest absolute Gasteiger partial charge is 0.497 e. The Bertz CT molecular complexity index is 965. The van der Waals surface area contributed by atoms with E-state index in [9.17, 15) is 9.59 Å². The molecular formula is C21H21N3O5. The van der Waals surface area contributed by atoms with Gasteiger partial charge in [-0.1, -0.05) is 5.16 Å². The van der Waals surface area contributed by atoms with Gasteiger partial charge in [0.05, 0.1) is 13.7 Å². The number of nitrogens with zero attached hydrogens (tertiary/aromatic N) is 1. The summed E-state index contributed by atoms with van der Waals surface area (Å²) in [5, 5.41) is 9.11. The van der Waals surface area contributed by atoms with Crippen LogP contribution < -0.4 is 20.1 Å². The summed E-state index contributed by atoms with van der Waals surface area (Å²) in [5.74, 6) is 1.80.